The Morgan fingerprint density at radius 2 is 1.95 bits per heavy atom. The number of H-pyrrole nitrogens is 1. The number of aromatic nitrogens is 6. The van der Waals surface area contributed by atoms with E-state index in [2.05, 4.69) is 30.9 Å². The number of hydrazine groups is 1. The Hall–Kier alpha value is -5.57. The van der Waals surface area contributed by atoms with E-state index in [0.29, 0.717) is 49.0 Å². The van der Waals surface area contributed by atoms with Gasteiger partial charge in [-0.25, -0.2) is 9.89 Å². The summed E-state index contributed by atoms with van der Waals surface area (Å²) in [6.45, 7) is 2.53. The van der Waals surface area contributed by atoms with E-state index in [1.165, 1.54) is 5.01 Å². The van der Waals surface area contributed by atoms with Gasteiger partial charge in [0.15, 0.2) is 5.82 Å². The number of β-amino-alcohol motifs (C(OH)–C–C–N with tert-alkyl or cyclic N) is 1. The van der Waals surface area contributed by atoms with Gasteiger partial charge in [-0.05, 0) is 52.6 Å². The first kappa shape index (κ1) is 28.5. The minimum absolute atomic E-state index is 0.153. The summed E-state index contributed by atoms with van der Waals surface area (Å²) in [5.41, 5.74) is 5.10. The molecule has 1 fully saturated rings. The quantitative estimate of drug-likeness (QED) is 0.0568. The van der Waals surface area contributed by atoms with Crippen molar-refractivity contribution >= 4 is 17.0 Å². The van der Waals surface area contributed by atoms with Crippen molar-refractivity contribution in [1.29, 1.82) is 0 Å². The second kappa shape index (κ2) is 12.7. The number of nitrogens with one attached hydrogen (secondary N) is 1. The number of benzene rings is 3. The van der Waals surface area contributed by atoms with Crippen LogP contribution < -0.4 is 4.74 Å². The van der Waals surface area contributed by atoms with Crippen molar-refractivity contribution in [3.63, 3.8) is 0 Å². The Morgan fingerprint density at radius 3 is 2.68 bits per heavy atom. The van der Waals surface area contributed by atoms with Crippen LogP contribution >= 0.6 is 0 Å². The third kappa shape index (κ3) is 5.98. The molecule has 15 heteroatoms. The number of carbonyl (C=O) groups is 1. The monoisotopic (exact) mass is 599 g/mol. The van der Waals surface area contributed by atoms with E-state index >= 15 is 0 Å². The fourth-order valence-corrected chi connectivity index (χ4v) is 5.06. The molecule has 6 rings (SSSR count). The van der Waals surface area contributed by atoms with E-state index in [9.17, 15) is 15.1 Å². The second-order valence-electron chi connectivity index (χ2n) is 9.95. The molecule has 5 aromatic rings. The van der Waals surface area contributed by atoms with Crippen LogP contribution in [0.5, 0.6) is 6.01 Å². The Labute approximate surface area is 250 Å². The number of hydrogen-bond donors (Lipinski definition) is 2. The summed E-state index contributed by atoms with van der Waals surface area (Å²) in [5, 5.41) is 40.5. The van der Waals surface area contributed by atoms with Gasteiger partial charge in [0.05, 0.1) is 47.4 Å². The molecule has 3 heterocycles. The highest BCUT2D eigenvalue weighted by atomic mass is 16.8. The molecule has 3 aromatic carbocycles. The first-order valence-corrected chi connectivity index (χ1v) is 14.0. The van der Waals surface area contributed by atoms with Crippen molar-refractivity contribution in [2.45, 2.75) is 26.0 Å². The van der Waals surface area contributed by atoms with Crippen molar-refractivity contribution < 1.29 is 29.2 Å². The number of hydrogen-bond acceptors (Lipinski definition) is 11. The van der Waals surface area contributed by atoms with Crippen molar-refractivity contribution in [2.75, 3.05) is 26.5 Å². The smallest absolute Gasteiger partial charge is 0.343 e. The molecule has 226 valence electrons. The Balaban J connectivity index is 1.22. The number of ether oxygens (including phenoxy) is 2. The zero-order chi connectivity index (χ0) is 30.5. The molecule has 0 amide bonds. The molecule has 0 radical (unpaired) electrons. The van der Waals surface area contributed by atoms with E-state index in [1.807, 2.05) is 60.0 Å². The molecule has 1 atom stereocenters. The molecule has 0 spiro atoms. The third-order valence-electron chi connectivity index (χ3n) is 7.11. The van der Waals surface area contributed by atoms with E-state index in [4.69, 9.17) is 14.3 Å². The fourth-order valence-electron chi connectivity index (χ4n) is 5.06. The number of para-hydroxylation sites is 1. The van der Waals surface area contributed by atoms with Gasteiger partial charge in [0.2, 0.25) is 5.28 Å². The predicted octanol–water partition coefficient (Wildman–Crippen LogP) is 3.32. The summed E-state index contributed by atoms with van der Waals surface area (Å²) in [6, 6.07) is 21.3. The number of nitrogens with zero attached hydrogens (tertiary/aromatic N) is 8. The number of fused-ring (bicyclic) bond motifs is 1. The molecule has 0 aliphatic carbocycles. The molecular formula is C29H29N9O6. The van der Waals surface area contributed by atoms with Crippen LogP contribution in [-0.2, 0) is 16.1 Å². The molecule has 0 bridgehead atoms. The number of rotatable bonds is 11. The van der Waals surface area contributed by atoms with Crippen molar-refractivity contribution in [2.24, 2.45) is 5.28 Å². The molecular weight excluding hydrogens is 570 g/mol. The van der Waals surface area contributed by atoms with Gasteiger partial charge in [0, 0.05) is 5.56 Å². The lowest BCUT2D eigenvalue weighted by molar-refractivity contribution is -0.708. The van der Waals surface area contributed by atoms with E-state index in [1.54, 1.807) is 18.2 Å². The van der Waals surface area contributed by atoms with Gasteiger partial charge >= 0.3 is 5.97 Å². The largest absolute Gasteiger partial charge is 0.569 e. The van der Waals surface area contributed by atoms with E-state index < -0.39 is 18.9 Å². The minimum atomic E-state index is -0.682. The summed E-state index contributed by atoms with van der Waals surface area (Å²) in [4.78, 5) is 22.9. The Bertz CT molecular complexity index is 1770. The molecule has 1 aliphatic rings. The Kier molecular flexibility index (Phi) is 8.27. The Morgan fingerprint density at radius 1 is 1.14 bits per heavy atom. The molecule has 1 unspecified atom stereocenters. The summed E-state index contributed by atoms with van der Waals surface area (Å²) in [6.07, 6.45) is -0.131. The first-order valence-electron chi connectivity index (χ1n) is 14.0. The highest BCUT2D eigenvalue weighted by Crippen LogP contribution is 2.31. The standard InChI is InChI=1S/C29H29N9O6/c1-2-42-29-30-25-9-5-8-24(28(40)43-18-44-35-38(41)36-15-14-21(39)17-36)26(25)37(29)16-19-10-12-20(13-11-19)22-6-3-4-7-23(22)27-31-33-34-32-27/h3-13,21,39H,2,14-18H2,1H3,(H,31,32,33,34)/b38-35-. The van der Waals surface area contributed by atoms with Gasteiger partial charge < -0.3 is 24.6 Å². The lowest BCUT2D eigenvalue weighted by Crippen LogP contribution is -2.29. The maximum Gasteiger partial charge on any atom is 0.343 e. The van der Waals surface area contributed by atoms with Crippen LogP contribution in [0.2, 0.25) is 0 Å². The maximum atomic E-state index is 13.1. The summed E-state index contributed by atoms with van der Waals surface area (Å²) in [5.74, 6) is -0.107. The number of imidazole rings is 1. The van der Waals surface area contributed by atoms with Crippen LogP contribution in [0.3, 0.4) is 0 Å². The summed E-state index contributed by atoms with van der Waals surface area (Å²) in [7, 11) is 0. The average molecular weight is 600 g/mol. The number of carbonyl (C=O) groups excluding carboxylic acids is 1. The molecule has 1 saturated heterocycles. The third-order valence-corrected chi connectivity index (χ3v) is 7.11. The zero-order valence-corrected chi connectivity index (χ0v) is 23.7. The van der Waals surface area contributed by atoms with Crippen LogP contribution in [-0.4, -0.2) is 83.8 Å². The minimum Gasteiger partial charge on any atom is -0.569 e. The zero-order valence-electron chi connectivity index (χ0n) is 23.7. The van der Waals surface area contributed by atoms with Crippen molar-refractivity contribution in [3.8, 4) is 28.5 Å². The normalized spacial score (nSPS) is 15.1. The van der Waals surface area contributed by atoms with Gasteiger partial charge in [0.25, 0.3) is 12.8 Å². The van der Waals surface area contributed by atoms with Gasteiger partial charge in [-0.15, -0.1) is 10.1 Å². The molecule has 2 aromatic heterocycles. The number of aliphatic hydroxyl groups excluding tert-OH is 1. The summed E-state index contributed by atoms with van der Waals surface area (Å²) < 4.78 is 12.9. The number of aliphatic hydroxyl groups is 1. The van der Waals surface area contributed by atoms with Crippen LogP contribution in [0.4, 0.5) is 0 Å². The van der Waals surface area contributed by atoms with Gasteiger partial charge in [0.1, 0.15) is 6.54 Å². The topological polar surface area (TPSA) is 179 Å². The van der Waals surface area contributed by atoms with Crippen molar-refractivity contribution in [1.82, 2.24) is 35.2 Å². The van der Waals surface area contributed by atoms with Gasteiger partial charge in [-0.1, -0.05) is 54.6 Å². The molecule has 15 nitrogen and oxygen atoms in total. The highest BCUT2D eigenvalue weighted by molar-refractivity contribution is 6.02. The predicted molar refractivity (Wildman–Crippen MR) is 155 cm³/mol. The van der Waals surface area contributed by atoms with Gasteiger partial charge in [-0.3, -0.25) is 4.57 Å². The van der Waals surface area contributed by atoms with Gasteiger partial charge in [-0.2, -0.15) is 4.98 Å². The van der Waals surface area contributed by atoms with E-state index in [-0.39, 0.29) is 17.1 Å². The molecule has 2 N–H and O–H groups in total. The van der Waals surface area contributed by atoms with Crippen LogP contribution in [0.25, 0.3) is 33.5 Å². The van der Waals surface area contributed by atoms with Crippen LogP contribution in [0.1, 0.15) is 29.3 Å². The lowest BCUT2D eigenvalue weighted by Gasteiger charge is -2.13. The SMILES string of the molecule is CCOc1nc2cccc(C(=O)OCO/N=[N+](\[O-])N3CCC(O)C3)c2n1Cc1ccc(-c2ccccc2-c2nnn[nH]2)cc1. The number of tetrazole rings is 1. The first-order chi connectivity index (χ1) is 21.5. The molecule has 1 aliphatic heterocycles. The fraction of sp³-hybridized carbons (Fsp3) is 0.276. The highest BCUT2D eigenvalue weighted by Gasteiger charge is 2.26. The second-order valence-corrected chi connectivity index (χ2v) is 9.95. The van der Waals surface area contributed by atoms with Crippen LogP contribution in [0.15, 0.2) is 72.0 Å². The number of aromatic amines is 1. The summed E-state index contributed by atoms with van der Waals surface area (Å²) >= 11 is 0. The number of esters is 1. The lowest BCUT2D eigenvalue weighted by atomic mass is 9.98. The molecule has 0 saturated carbocycles. The van der Waals surface area contributed by atoms with Crippen molar-refractivity contribution in [3.05, 3.63) is 83.1 Å². The van der Waals surface area contributed by atoms with Crippen LogP contribution in [0, 0.1) is 5.21 Å². The average Bonchev–Trinajstić information content (AvgIpc) is 3.81. The maximum absolute atomic E-state index is 13.1. The molecule has 44 heavy (non-hydrogen) atoms. The van der Waals surface area contributed by atoms with E-state index in [0.717, 1.165) is 22.3 Å².